The molecule has 0 aliphatic carbocycles. The molecule has 0 bridgehead atoms. The first-order valence-electron chi connectivity index (χ1n) is 8.48. The van der Waals surface area contributed by atoms with Crippen LogP contribution in [0.4, 0.5) is 0 Å². The highest BCUT2D eigenvalue weighted by Crippen LogP contribution is 2.22. The summed E-state index contributed by atoms with van der Waals surface area (Å²) in [5.41, 5.74) is -0.661. The molecule has 0 unspecified atom stereocenters. The summed E-state index contributed by atoms with van der Waals surface area (Å²) in [4.78, 5) is 49.6. The van der Waals surface area contributed by atoms with Gasteiger partial charge in [0.1, 0.15) is 12.1 Å². The van der Waals surface area contributed by atoms with Crippen LogP contribution in [0.5, 0.6) is 0 Å². The van der Waals surface area contributed by atoms with E-state index in [4.69, 9.17) is 4.74 Å². The van der Waals surface area contributed by atoms with E-state index in [9.17, 15) is 24.4 Å². The van der Waals surface area contributed by atoms with E-state index in [2.05, 4.69) is 5.32 Å². The second-order valence-electron chi connectivity index (χ2n) is 6.83. The largest absolute Gasteiger partial charge is 0.451 e. The summed E-state index contributed by atoms with van der Waals surface area (Å²) >= 11 is 0. The lowest BCUT2D eigenvalue weighted by Crippen LogP contribution is -2.52. The van der Waals surface area contributed by atoms with Gasteiger partial charge in [-0.05, 0) is 31.9 Å². The standard InChI is InChI=1S/C19H21N3O5/c1-11(2)19(4,10-20)21-16(24)12(3)27-15(23)9-22-17(25)13-7-5-6-8-14(13)18(22)26/h5-8,11-12H,9H2,1-4H3,(H,21,24)/t12-,19+/m1/s1. The molecule has 0 spiro atoms. The number of fused-ring (bicyclic) bond motifs is 1. The number of nitrogens with zero attached hydrogens (tertiary/aromatic N) is 2. The number of amides is 3. The number of imide groups is 1. The Balaban J connectivity index is 1.98. The number of nitrogens with one attached hydrogen (secondary N) is 1. The fraction of sp³-hybridized carbons (Fsp3) is 0.421. The van der Waals surface area contributed by atoms with E-state index in [0.29, 0.717) is 0 Å². The van der Waals surface area contributed by atoms with E-state index in [1.54, 1.807) is 32.9 Å². The molecule has 0 aromatic heterocycles. The Kier molecular flexibility index (Phi) is 5.64. The van der Waals surface area contributed by atoms with Crippen LogP contribution >= 0.6 is 0 Å². The third-order valence-corrected chi connectivity index (χ3v) is 4.61. The molecular formula is C19H21N3O5. The van der Waals surface area contributed by atoms with Gasteiger partial charge in [-0.15, -0.1) is 0 Å². The van der Waals surface area contributed by atoms with Crippen molar-refractivity contribution in [3.63, 3.8) is 0 Å². The molecule has 2 atom stereocenters. The zero-order valence-corrected chi connectivity index (χ0v) is 15.6. The lowest BCUT2D eigenvalue weighted by Gasteiger charge is -2.28. The molecule has 1 aromatic rings. The van der Waals surface area contributed by atoms with E-state index in [1.165, 1.54) is 19.1 Å². The molecule has 1 aliphatic rings. The number of ether oxygens (including phenoxy) is 1. The number of nitriles is 1. The van der Waals surface area contributed by atoms with Gasteiger partial charge in [-0.2, -0.15) is 5.26 Å². The fourth-order valence-corrected chi connectivity index (χ4v) is 2.46. The van der Waals surface area contributed by atoms with E-state index in [1.807, 2.05) is 6.07 Å². The van der Waals surface area contributed by atoms with Crippen LogP contribution in [0.1, 0.15) is 48.4 Å². The minimum absolute atomic E-state index is 0.160. The Hall–Kier alpha value is -3.21. The molecule has 142 valence electrons. The van der Waals surface area contributed by atoms with Crippen molar-refractivity contribution in [3.05, 3.63) is 35.4 Å². The Morgan fingerprint density at radius 1 is 1.19 bits per heavy atom. The molecule has 27 heavy (non-hydrogen) atoms. The first-order valence-corrected chi connectivity index (χ1v) is 8.48. The van der Waals surface area contributed by atoms with Gasteiger partial charge in [0.25, 0.3) is 17.7 Å². The highest BCUT2D eigenvalue weighted by atomic mass is 16.5. The van der Waals surface area contributed by atoms with Crippen molar-refractivity contribution < 1.29 is 23.9 Å². The molecule has 0 saturated carbocycles. The summed E-state index contributed by atoms with van der Waals surface area (Å²) in [5.74, 6) is -2.85. The zero-order chi connectivity index (χ0) is 20.4. The number of carbonyl (C=O) groups excluding carboxylic acids is 4. The van der Waals surface area contributed by atoms with Gasteiger partial charge in [-0.1, -0.05) is 26.0 Å². The van der Waals surface area contributed by atoms with Crippen molar-refractivity contribution in [1.29, 1.82) is 5.26 Å². The Bertz CT molecular complexity index is 807. The number of hydrogen-bond donors (Lipinski definition) is 1. The molecule has 0 saturated heterocycles. The van der Waals surface area contributed by atoms with Crippen LogP contribution in [0.15, 0.2) is 24.3 Å². The van der Waals surface area contributed by atoms with Crippen LogP contribution in [0.3, 0.4) is 0 Å². The Labute approximate surface area is 157 Å². The summed E-state index contributed by atoms with van der Waals surface area (Å²) in [6.07, 6.45) is -1.18. The third-order valence-electron chi connectivity index (χ3n) is 4.61. The molecule has 0 radical (unpaired) electrons. The molecule has 8 nitrogen and oxygen atoms in total. The van der Waals surface area contributed by atoms with Crippen molar-refractivity contribution in [3.8, 4) is 6.07 Å². The van der Waals surface area contributed by atoms with Gasteiger partial charge < -0.3 is 10.1 Å². The monoisotopic (exact) mass is 371 g/mol. The van der Waals surface area contributed by atoms with Gasteiger partial charge in [0.05, 0.1) is 17.2 Å². The smallest absolute Gasteiger partial charge is 0.326 e. The second-order valence-corrected chi connectivity index (χ2v) is 6.83. The summed E-state index contributed by atoms with van der Waals surface area (Å²) in [6, 6.07) is 8.29. The Morgan fingerprint density at radius 2 is 1.70 bits per heavy atom. The lowest BCUT2D eigenvalue weighted by molar-refractivity contribution is -0.155. The number of rotatable bonds is 6. The van der Waals surface area contributed by atoms with E-state index < -0.39 is 41.9 Å². The second kappa shape index (κ2) is 7.58. The lowest BCUT2D eigenvalue weighted by atomic mass is 9.90. The van der Waals surface area contributed by atoms with Gasteiger partial charge in [-0.25, -0.2) is 0 Å². The maximum Gasteiger partial charge on any atom is 0.326 e. The van der Waals surface area contributed by atoms with Crippen LogP contribution in [-0.2, 0) is 14.3 Å². The summed E-state index contributed by atoms with van der Waals surface area (Å²) < 4.78 is 5.03. The predicted octanol–water partition coefficient (Wildman–Crippen LogP) is 1.27. The van der Waals surface area contributed by atoms with Crippen molar-refractivity contribution in [1.82, 2.24) is 10.2 Å². The molecule has 3 amide bonds. The van der Waals surface area contributed by atoms with E-state index in [0.717, 1.165) is 4.90 Å². The van der Waals surface area contributed by atoms with Crippen LogP contribution < -0.4 is 5.32 Å². The number of esters is 1. The summed E-state index contributed by atoms with van der Waals surface area (Å²) in [5, 5.41) is 11.8. The maximum absolute atomic E-state index is 12.2. The van der Waals surface area contributed by atoms with Crippen molar-refractivity contribution in [2.75, 3.05) is 6.54 Å². The minimum atomic E-state index is -1.18. The van der Waals surface area contributed by atoms with Crippen LogP contribution in [-0.4, -0.2) is 46.8 Å². The van der Waals surface area contributed by atoms with Crippen LogP contribution in [0.25, 0.3) is 0 Å². The first-order chi connectivity index (χ1) is 12.6. The van der Waals surface area contributed by atoms with Gasteiger partial charge in [0.15, 0.2) is 6.10 Å². The number of carbonyl (C=O) groups is 4. The molecule has 1 aromatic carbocycles. The highest BCUT2D eigenvalue weighted by Gasteiger charge is 2.37. The SMILES string of the molecule is CC(C)[C@](C)(C#N)NC(=O)[C@@H](C)OC(=O)CN1C(=O)c2ccccc2C1=O. The predicted molar refractivity (Wildman–Crippen MR) is 94.4 cm³/mol. The quantitative estimate of drug-likeness (QED) is 0.594. The molecule has 1 aliphatic heterocycles. The normalized spacial score (nSPS) is 16.4. The number of benzene rings is 1. The molecule has 1 heterocycles. The average molecular weight is 371 g/mol. The van der Waals surface area contributed by atoms with Crippen molar-refractivity contribution in [2.24, 2.45) is 5.92 Å². The zero-order valence-electron chi connectivity index (χ0n) is 15.6. The van der Waals surface area contributed by atoms with E-state index >= 15 is 0 Å². The van der Waals surface area contributed by atoms with Gasteiger partial charge >= 0.3 is 5.97 Å². The van der Waals surface area contributed by atoms with Crippen LogP contribution in [0.2, 0.25) is 0 Å². The fourth-order valence-electron chi connectivity index (χ4n) is 2.46. The molecule has 2 rings (SSSR count). The topological polar surface area (TPSA) is 117 Å². The summed E-state index contributed by atoms with van der Waals surface area (Å²) in [6.45, 7) is 5.89. The molecule has 1 N–H and O–H groups in total. The van der Waals surface area contributed by atoms with Gasteiger partial charge in [0.2, 0.25) is 0 Å². The first kappa shape index (κ1) is 20.1. The summed E-state index contributed by atoms with van der Waals surface area (Å²) in [7, 11) is 0. The van der Waals surface area contributed by atoms with Gasteiger partial charge in [-0.3, -0.25) is 24.1 Å². The number of hydrogen-bond acceptors (Lipinski definition) is 6. The van der Waals surface area contributed by atoms with Crippen molar-refractivity contribution >= 4 is 23.7 Å². The van der Waals surface area contributed by atoms with E-state index in [-0.39, 0.29) is 17.0 Å². The maximum atomic E-state index is 12.2. The molecule has 0 fully saturated rings. The highest BCUT2D eigenvalue weighted by molar-refractivity contribution is 6.22. The van der Waals surface area contributed by atoms with Crippen molar-refractivity contribution in [2.45, 2.75) is 39.3 Å². The van der Waals surface area contributed by atoms with Crippen LogP contribution in [0, 0.1) is 17.2 Å². The molecular weight excluding hydrogens is 350 g/mol. The van der Waals surface area contributed by atoms with Gasteiger partial charge in [0, 0.05) is 0 Å². The molecule has 8 heteroatoms. The Morgan fingerprint density at radius 3 is 2.15 bits per heavy atom. The average Bonchev–Trinajstić information content (AvgIpc) is 2.86. The third kappa shape index (κ3) is 3.97. The minimum Gasteiger partial charge on any atom is -0.451 e.